The summed E-state index contributed by atoms with van der Waals surface area (Å²) in [5.74, 6) is 0.638. The fourth-order valence-corrected chi connectivity index (χ4v) is 2.62. The summed E-state index contributed by atoms with van der Waals surface area (Å²) in [6.45, 7) is 1.05. The number of hydrogen-bond donors (Lipinski definition) is 1. The minimum absolute atomic E-state index is 0.492. The van der Waals surface area contributed by atoms with Crippen LogP contribution in [0, 0.1) is 0 Å². The van der Waals surface area contributed by atoms with Crippen LogP contribution in [0.2, 0.25) is 10.0 Å². The maximum absolute atomic E-state index is 6.00. The number of ether oxygens (including phenoxy) is 1. The second-order valence-electron chi connectivity index (χ2n) is 3.44. The predicted octanol–water partition coefficient (Wildman–Crippen LogP) is 4.09. The molecule has 2 nitrogen and oxygen atoms in total. The van der Waals surface area contributed by atoms with Gasteiger partial charge >= 0.3 is 0 Å². The summed E-state index contributed by atoms with van der Waals surface area (Å²) < 4.78 is 5.61. The zero-order chi connectivity index (χ0) is 12.3. The van der Waals surface area contributed by atoms with Crippen LogP contribution in [0.25, 0.3) is 0 Å². The number of hydrogen-bond acceptors (Lipinski definition) is 3. The van der Waals surface area contributed by atoms with Crippen LogP contribution in [0.5, 0.6) is 5.75 Å². The SMILES string of the molecule is NCc1ccc(COc2ccc(Cl)cc2Cl)s1. The van der Waals surface area contributed by atoms with E-state index in [0.717, 1.165) is 9.75 Å². The Kier molecular flexibility index (Phi) is 4.29. The molecule has 0 aliphatic rings. The third kappa shape index (κ3) is 3.36. The number of thiophene rings is 1. The van der Waals surface area contributed by atoms with E-state index in [1.165, 1.54) is 0 Å². The van der Waals surface area contributed by atoms with Gasteiger partial charge in [-0.05, 0) is 30.3 Å². The summed E-state index contributed by atoms with van der Waals surface area (Å²) >= 11 is 13.4. The van der Waals surface area contributed by atoms with E-state index in [-0.39, 0.29) is 0 Å². The first kappa shape index (κ1) is 12.7. The lowest BCUT2D eigenvalue weighted by Crippen LogP contribution is -1.93. The lowest BCUT2D eigenvalue weighted by molar-refractivity contribution is 0.310. The summed E-state index contributed by atoms with van der Waals surface area (Å²) in [4.78, 5) is 2.27. The molecule has 0 amide bonds. The van der Waals surface area contributed by atoms with Gasteiger partial charge in [0.2, 0.25) is 0 Å². The first-order valence-electron chi connectivity index (χ1n) is 5.04. The standard InChI is InChI=1S/C12H11Cl2NOS/c13-8-1-4-12(11(14)5-8)16-7-10-3-2-9(6-15)17-10/h1-5H,6-7,15H2. The first-order valence-corrected chi connectivity index (χ1v) is 6.62. The number of benzene rings is 1. The van der Waals surface area contributed by atoms with Crippen LogP contribution in [0.1, 0.15) is 9.75 Å². The zero-order valence-corrected chi connectivity index (χ0v) is 11.3. The maximum atomic E-state index is 6.00. The van der Waals surface area contributed by atoms with Crippen molar-refractivity contribution in [2.75, 3.05) is 0 Å². The van der Waals surface area contributed by atoms with Crippen molar-refractivity contribution in [3.8, 4) is 5.75 Å². The van der Waals surface area contributed by atoms with Crippen LogP contribution in [-0.4, -0.2) is 0 Å². The van der Waals surface area contributed by atoms with Gasteiger partial charge in [0.05, 0.1) is 5.02 Å². The highest BCUT2D eigenvalue weighted by Gasteiger charge is 2.04. The molecule has 0 atom stereocenters. The van der Waals surface area contributed by atoms with Crippen LogP contribution in [0.15, 0.2) is 30.3 Å². The van der Waals surface area contributed by atoms with Crippen molar-refractivity contribution < 1.29 is 4.74 Å². The smallest absolute Gasteiger partial charge is 0.138 e. The summed E-state index contributed by atoms with van der Waals surface area (Å²) in [5.41, 5.74) is 5.55. The van der Waals surface area contributed by atoms with E-state index in [4.69, 9.17) is 33.7 Å². The Balaban J connectivity index is 2.02. The second-order valence-corrected chi connectivity index (χ2v) is 5.53. The van der Waals surface area contributed by atoms with Gasteiger partial charge in [0.1, 0.15) is 12.4 Å². The molecule has 17 heavy (non-hydrogen) atoms. The lowest BCUT2D eigenvalue weighted by atomic mass is 10.3. The van der Waals surface area contributed by atoms with E-state index in [2.05, 4.69) is 0 Å². The molecule has 5 heteroatoms. The molecule has 0 saturated heterocycles. The minimum Gasteiger partial charge on any atom is -0.487 e. The quantitative estimate of drug-likeness (QED) is 0.919. The van der Waals surface area contributed by atoms with Crippen molar-refractivity contribution in [3.63, 3.8) is 0 Å². The van der Waals surface area contributed by atoms with Gasteiger partial charge in [-0.3, -0.25) is 0 Å². The highest BCUT2D eigenvalue weighted by molar-refractivity contribution is 7.11. The van der Waals surface area contributed by atoms with Gasteiger partial charge in [-0.1, -0.05) is 23.2 Å². The first-order chi connectivity index (χ1) is 8.19. The van der Waals surface area contributed by atoms with Crippen molar-refractivity contribution in [2.45, 2.75) is 13.2 Å². The molecule has 0 aliphatic heterocycles. The van der Waals surface area contributed by atoms with Gasteiger partial charge in [0.15, 0.2) is 0 Å². The summed E-state index contributed by atoms with van der Waals surface area (Å²) in [6, 6.07) is 9.20. The van der Waals surface area contributed by atoms with Crippen molar-refractivity contribution in [1.29, 1.82) is 0 Å². The number of rotatable bonds is 4. The van der Waals surface area contributed by atoms with Gasteiger partial charge in [-0.15, -0.1) is 11.3 Å². The zero-order valence-electron chi connectivity index (χ0n) is 8.95. The molecule has 0 bridgehead atoms. The molecular weight excluding hydrogens is 277 g/mol. The molecule has 1 aromatic carbocycles. The normalized spacial score (nSPS) is 10.5. The predicted molar refractivity (Wildman–Crippen MR) is 73.0 cm³/mol. The lowest BCUT2D eigenvalue weighted by Gasteiger charge is -2.06. The Morgan fingerprint density at radius 1 is 1.12 bits per heavy atom. The average molecular weight is 288 g/mol. The molecule has 2 aromatic rings. The third-order valence-electron chi connectivity index (χ3n) is 2.18. The fraction of sp³-hybridized carbons (Fsp3) is 0.167. The topological polar surface area (TPSA) is 35.2 Å². The molecule has 0 spiro atoms. The largest absolute Gasteiger partial charge is 0.487 e. The molecule has 0 fully saturated rings. The Morgan fingerprint density at radius 3 is 2.53 bits per heavy atom. The summed E-state index contributed by atoms with van der Waals surface area (Å²) in [6.07, 6.45) is 0. The van der Waals surface area contributed by atoms with E-state index in [9.17, 15) is 0 Å². The molecule has 0 aliphatic carbocycles. The number of halogens is 2. The third-order valence-corrected chi connectivity index (χ3v) is 3.79. The Bertz CT molecular complexity index is 513. The Hall–Kier alpha value is -0.740. The van der Waals surface area contributed by atoms with Crippen molar-refractivity contribution in [3.05, 3.63) is 50.1 Å². The molecule has 0 radical (unpaired) electrons. The van der Waals surface area contributed by atoms with Gasteiger partial charge in [-0.2, -0.15) is 0 Å². The second kappa shape index (κ2) is 5.74. The summed E-state index contributed by atoms with van der Waals surface area (Å²) in [7, 11) is 0. The van der Waals surface area contributed by atoms with E-state index < -0.39 is 0 Å². The molecular formula is C12H11Cl2NOS. The fourth-order valence-electron chi connectivity index (χ4n) is 1.35. The molecule has 2 N–H and O–H groups in total. The van der Waals surface area contributed by atoms with Crippen molar-refractivity contribution in [2.24, 2.45) is 5.73 Å². The van der Waals surface area contributed by atoms with Crippen LogP contribution >= 0.6 is 34.5 Å². The van der Waals surface area contributed by atoms with Gasteiger partial charge in [0.25, 0.3) is 0 Å². The number of nitrogens with two attached hydrogens (primary N) is 1. The van der Waals surface area contributed by atoms with Crippen LogP contribution in [0.3, 0.4) is 0 Å². The average Bonchev–Trinajstić information content (AvgIpc) is 2.76. The molecule has 2 rings (SSSR count). The Labute approximate surface area is 114 Å². The minimum atomic E-state index is 0.492. The van der Waals surface area contributed by atoms with Crippen LogP contribution < -0.4 is 10.5 Å². The van der Waals surface area contributed by atoms with E-state index >= 15 is 0 Å². The Morgan fingerprint density at radius 2 is 1.88 bits per heavy atom. The molecule has 1 heterocycles. The van der Waals surface area contributed by atoms with Crippen LogP contribution in [0.4, 0.5) is 0 Å². The molecule has 1 aromatic heterocycles. The van der Waals surface area contributed by atoms with Gasteiger partial charge in [-0.25, -0.2) is 0 Å². The van der Waals surface area contributed by atoms with Crippen molar-refractivity contribution >= 4 is 34.5 Å². The monoisotopic (exact) mass is 287 g/mol. The van der Waals surface area contributed by atoms with E-state index in [1.807, 2.05) is 12.1 Å². The molecule has 0 saturated carbocycles. The van der Waals surface area contributed by atoms with E-state index in [0.29, 0.717) is 28.9 Å². The molecule has 0 unspecified atom stereocenters. The highest BCUT2D eigenvalue weighted by atomic mass is 35.5. The summed E-state index contributed by atoms with van der Waals surface area (Å²) in [5, 5.41) is 1.12. The van der Waals surface area contributed by atoms with E-state index in [1.54, 1.807) is 29.5 Å². The van der Waals surface area contributed by atoms with Crippen LogP contribution in [-0.2, 0) is 13.2 Å². The highest BCUT2D eigenvalue weighted by Crippen LogP contribution is 2.28. The molecule has 90 valence electrons. The van der Waals surface area contributed by atoms with Gasteiger partial charge < -0.3 is 10.5 Å². The maximum Gasteiger partial charge on any atom is 0.138 e. The van der Waals surface area contributed by atoms with Crippen molar-refractivity contribution in [1.82, 2.24) is 0 Å². The van der Waals surface area contributed by atoms with Gasteiger partial charge in [0, 0.05) is 21.3 Å².